The molecule has 0 aromatic heterocycles. The van der Waals surface area contributed by atoms with Gasteiger partial charge in [-0.25, -0.2) is 0 Å². The number of alkyl halides is 3. The van der Waals surface area contributed by atoms with E-state index in [9.17, 15) is 18.0 Å². The molecule has 194 valence electrons. The molecule has 2 aromatic carbocycles. The molecule has 3 heterocycles. The number of hydrogen-bond acceptors (Lipinski definition) is 5. The molecule has 0 bridgehead atoms. The summed E-state index contributed by atoms with van der Waals surface area (Å²) in [4.78, 5) is 19.5. The lowest BCUT2D eigenvalue weighted by molar-refractivity contribution is -0.137. The van der Waals surface area contributed by atoms with Gasteiger partial charge in [-0.15, -0.1) is 0 Å². The first-order chi connectivity index (χ1) is 17.2. The van der Waals surface area contributed by atoms with Crippen molar-refractivity contribution in [1.82, 2.24) is 9.80 Å². The van der Waals surface area contributed by atoms with E-state index in [1.54, 1.807) is 6.07 Å². The molecule has 0 aliphatic carbocycles. The molecule has 0 spiro atoms. The Morgan fingerprint density at radius 2 is 1.72 bits per heavy atom. The van der Waals surface area contributed by atoms with Crippen LogP contribution in [0.4, 0.5) is 30.2 Å². The van der Waals surface area contributed by atoms with E-state index in [1.165, 1.54) is 11.8 Å². The van der Waals surface area contributed by atoms with Gasteiger partial charge in [-0.1, -0.05) is 11.6 Å². The summed E-state index contributed by atoms with van der Waals surface area (Å²) in [5.74, 6) is 1.32. The fraction of sp³-hybridized carbons (Fsp3) is 0.500. The van der Waals surface area contributed by atoms with Gasteiger partial charge in [0.2, 0.25) is 5.91 Å². The summed E-state index contributed by atoms with van der Waals surface area (Å²) in [6, 6.07) is 11.8. The lowest BCUT2D eigenvalue weighted by Gasteiger charge is -2.24. The minimum absolute atomic E-state index is 0.0800. The predicted octanol–water partition coefficient (Wildman–Crippen LogP) is 4.41. The Labute approximate surface area is 214 Å². The van der Waals surface area contributed by atoms with Crippen molar-refractivity contribution in [3.8, 4) is 0 Å². The van der Waals surface area contributed by atoms with Crippen LogP contribution in [-0.2, 0) is 11.0 Å². The molecule has 1 amide bonds. The van der Waals surface area contributed by atoms with Crippen LogP contribution < -0.4 is 16.0 Å². The molecule has 3 N–H and O–H groups in total. The maximum absolute atomic E-state index is 13.1. The number of hydrogen-bond donors (Lipinski definition) is 2. The van der Waals surface area contributed by atoms with Gasteiger partial charge in [-0.3, -0.25) is 4.79 Å². The highest BCUT2D eigenvalue weighted by Gasteiger charge is 2.40. The number of halogens is 4. The lowest BCUT2D eigenvalue weighted by Crippen LogP contribution is -2.35. The van der Waals surface area contributed by atoms with Crippen molar-refractivity contribution in [1.29, 1.82) is 0 Å². The van der Waals surface area contributed by atoms with Gasteiger partial charge in [0.25, 0.3) is 0 Å². The molecule has 3 aliphatic rings. The van der Waals surface area contributed by atoms with E-state index >= 15 is 0 Å². The van der Waals surface area contributed by atoms with Gasteiger partial charge in [0.1, 0.15) is 0 Å². The number of carbonyl (C=O) groups is 1. The van der Waals surface area contributed by atoms with Crippen molar-refractivity contribution in [2.75, 3.05) is 61.8 Å². The molecule has 2 unspecified atom stereocenters. The van der Waals surface area contributed by atoms with E-state index < -0.39 is 11.7 Å². The van der Waals surface area contributed by atoms with E-state index in [0.29, 0.717) is 43.5 Å². The second-order valence-electron chi connectivity index (χ2n) is 10.2. The fourth-order valence-electron chi connectivity index (χ4n) is 5.78. The number of nitrogens with zero attached hydrogens (tertiary/aromatic N) is 3. The predicted molar refractivity (Wildman–Crippen MR) is 136 cm³/mol. The molecular formula is C26H31ClF3N5O. The number of likely N-dealkylation sites (tertiary alicyclic amines) is 2. The molecule has 5 rings (SSSR count). The number of nitrogens with two attached hydrogens (primary N) is 1. The van der Waals surface area contributed by atoms with Crippen molar-refractivity contribution in [3.05, 3.63) is 53.1 Å². The monoisotopic (exact) mass is 521 g/mol. The summed E-state index contributed by atoms with van der Waals surface area (Å²) in [6.07, 6.45) is -3.33. The number of nitrogen functional groups attached to an aromatic ring is 1. The summed E-state index contributed by atoms with van der Waals surface area (Å²) in [6.45, 7) is 5.91. The molecule has 3 saturated heterocycles. The average molecular weight is 522 g/mol. The standard InChI is InChI=1S/C26H31ClF3N5O/c27-19-1-4-22(5-2-19)35-14-17-12-33(13-18(17)15-35)9-8-25(36)34-10-7-21(16-34)32-20-3-6-24(31)23(11-20)26(28,29)30/h1-6,11,17-18,21,32H,7-10,12-16,31H2/t17?,18?,21-/m1/s1. The van der Waals surface area contributed by atoms with Gasteiger partial charge >= 0.3 is 6.18 Å². The number of amides is 1. The fourth-order valence-corrected chi connectivity index (χ4v) is 5.91. The SMILES string of the molecule is Nc1ccc(N[C@@H]2CCN(C(=O)CCN3CC4CN(c5ccc(Cl)cc5)CC4C3)C2)cc1C(F)(F)F. The van der Waals surface area contributed by atoms with Crippen LogP contribution in [0.15, 0.2) is 42.5 Å². The first-order valence-electron chi connectivity index (χ1n) is 12.4. The Kier molecular flexibility index (Phi) is 6.96. The molecule has 0 saturated carbocycles. The van der Waals surface area contributed by atoms with Gasteiger partial charge < -0.3 is 25.8 Å². The molecule has 3 atom stereocenters. The third kappa shape index (κ3) is 5.52. The van der Waals surface area contributed by atoms with E-state index in [1.807, 2.05) is 17.0 Å². The minimum atomic E-state index is -4.50. The van der Waals surface area contributed by atoms with Crippen LogP contribution in [0.25, 0.3) is 0 Å². The normalized spacial score (nSPS) is 24.4. The third-order valence-electron chi connectivity index (χ3n) is 7.67. The number of carbonyl (C=O) groups excluding carboxylic acids is 1. The highest BCUT2D eigenvalue weighted by atomic mass is 35.5. The largest absolute Gasteiger partial charge is 0.418 e. The number of rotatable bonds is 6. The summed E-state index contributed by atoms with van der Waals surface area (Å²) in [5, 5.41) is 3.88. The van der Waals surface area contributed by atoms with Crippen LogP contribution in [-0.4, -0.2) is 67.6 Å². The number of nitrogens with one attached hydrogen (secondary N) is 1. The summed E-state index contributed by atoms with van der Waals surface area (Å²) in [5.41, 5.74) is 5.93. The summed E-state index contributed by atoms with van der Waals surface area (Å²) < 4.78 is 39.4. The number of anilines is 3. The Hall–Kier alpha value is -2.65. The second-order valence-corrected chi connectivity index (χ2v) is 10.6. The zero-order valence-corrected chi connectivity index (χ0v) is 20.7. The summed E-state index contributed by atoms with van der Waals surface area (Å²) in [7, 11) is 0. The zero-order valence-electron chi connectivity index (χ0n) is 20.0. The Balaban J connectivity index is 1.06. The molecule has 2 aromatic rings. The number of benzene rings is 2. The molecule has 6 nitrogen and oxygen atoms in total. The van der Waals surface area contributed by atoms with Gasteiger partial charge in [0, 0.05) is 80.4 Å². The first kappa shape index (κ1) is 25.0. The van der Waals surface area contributed by atoms with E-state index in [-0.39, 0.29) is 17.6 Å². The van der Waals surface area contributed by atoms with Crippen LogP contribution in [0, 0.1) is 11.8 Å². The smallest absolute Gasteiger partial charge is 0.398 e. The second kappa shape index (κ2) is 10.0. The van der Waals surface area contributed by atoms with Gasteiger partial charge in [0.05, 0.1) is 5.56 Å². The van der Waals surface area contributed by atoms with Crippen molar-refractivity contribution in [2.24, 2.45) is 11.8 Å². The maximum atomic E-state index is 13.1. The highest BCUT2D eigenvalue weighted by molar-refractivity contribution is 6.30. The lowest BCUT2D eigenvalue weighted by atomic mass is 10.0. The average Bonchev–Trinajstić information content (AvgIpc) is 3.54. The molecule has 36 heavy (non-hydrogen) atoms. The molecule has 10 heteroatoms. The number of fused-ring (bicyclic) bond motifs is 1. The van der Waals surface area contributed by atoms with Gasteiger partial charge in [-0.05, 0) is 60.7 Å². The highest BCUT2D eigenvalue weighted by Crippen LogP contribution is 2.36. The van der Waals surface area contributed by atoms with Crippen LogP contribution >= 0.6 is 11.6 Å². The van der Waals surface area contributed by atoms with Crippen molar-refractivity contribution >= 4 is 34.6 Å². The van der Waals surface area contributed by atoms with Crippen molar-refractivity contribution in [2.45, 2.75) is 25.1 Å². The Bertz CT molecular complexity index is 1080. The minimum Gasteiger partial charge on any atom is -0.398 e. The molecule has 3 fully saturated rings. The molecule has 0 radical (unpaired) electrons. The van der Waals surface area contributed by atoms with E-state index in [2.05, 4.69) is 27.2 Å². The zero-order chi connectivity index (χ0) is 25.4. The summed E-state index contributed by atoms with van der Waals surface area (Å²) >= 11 is 6.01. The van der Waals surface area contributed by atoms with Crippen LogP contribution in [0.1, 0.15) is 18.4 Å². The van der Waals surface area contributed by atoms with Gasteiger partial charge in [0.15, 0.2) is 0 Å². The van der Waals surface area contributed by atoms with E-state index in [4.69, 9.17) is 17.3 Å². The van der Waals surface area contributed by atoms with Crippen LogP contribution in [0.3, 0.4) is 0 Å². The van der Waals surface area contributed by atoms with Crippen LogP contribution in [0.5, 0.6) is 0 Å². The van der Waals surface area contributed by atoms with E-state index in [0.717, 1.165) is 43.8 Å². The third-order valence-corrected chi connectivity index (χ3v) is 7.92. The quantitative estimate of drug-likeness (QED) is 0.551. The van der Waals surface area contributed by atoms with Crippen molar-refractivity contribution in [3.63, 3.8) is 0 Å². The Morgan fingerprint density at radius 3 is 2.39 bits per heavy atom. The first-order valence-corrected chi connectivity index (χ1v) is 12.8. The Morgan fingerprint density at radius 1 is 1.03 bits per heavy atom. The molecule has 3 aliphatic heterocycles. The van der Waals surface area contributed by atoms with Crippen molar-refractivity contribution < 1.29 is 18.0 Å². The molecular weight excluding hydrogens is 491 g/mol. The maximum Gasteiger partial charge on any atom is 0.418 e. The topological polar surface area (TPSA) is 64.8 Å². The van der Waals surface area contributed by atoms with Gasteiger partial charge in [-0.2, -0.15) is 13.2 Å². The van der Waals surface area contributed by atoms with Crippen LogP contribution in [0.2, 0.25) is 5.02 Å².